The number of piperidine rings is 1. The number of nitrogens with zero attached hydrogens (tertiary/aromatic N) is 3. The fourth-order valence-electron chi connectivity index (χ4n) is 6.28. The maximum Gasteiger partial charge on any atom is 0.274 e. The van der Waals surface area contributed by atoms with Crippen LogP contribution in [0.15, 0.2) is 28.3 Å². The van der Waals surface area contributed by atoms with Gasteiger partial charge in [-0.3, -0.25) is 14.4 Å². The third kappa shape index (κ3) is 2.62. The van der Waals surface area contributed by atoms with Gasteiger partial charge < -0.3 is 20.5 Å². The fourth-order valence-corrected chi connectivity index (χ4v) is 6.28. The van der Waals surface area contributed by atoms with E-state index in [2.05, 4.69) is 10.5 Å². The van der Waals surface area contributed by atoms with E-state index in [9.17, 15) is 32.5 Å². The van der Waals surface area contributed by atoms with Gasteiger partial charge in [0.15, 0.2) is 5.69 Å². The van der Waals surface area contributed by atoms with Gasteiger partial charge in [-0.1, -0.05) is 0 Å². The molecule has 34 heavy (non-hydrogen) atoms. The van der Waals surface area contributed by atoms with Gasteiger partial charge in [0.1, 0.15) is 28.7 Å². The van der Waals surface area contributed by atoms with Crippen LogP contribution >= 0.6 is 0 Å². The molecule has 0 spiro atoms. The normalized spacial score (nSPS) is 30.0. The topological polar surface area (TPSA) is 127 Å². The lowest BCUT2D eigenvalue weighted by molar-refractivity contribution is 0.0240. The molecule has 3 N–H and O–H groups in total. The van der Waals surface area contributed by atoms with Crippen LogP contribution in [0.4, 0.5) is 18.9 Å². The van der Waals surface area contributed by atoms with Gasteiger partial charge in [0.05, 0.1) is 11.7 Å². The van der Waals surface area contributed by atoms with Gasteiger partial charge in [-0.05, 0) is 35.8 Å². The molecule has 6 rings (SSSR count). The number of hydrogen-bond acceptors (Lipinski definition) is 6. The summed E-state index contributed by atoms with van der Waals surface area (Å²) in [6.45, 7) is -0.434. The van der Waals surface area contributed by atoms with Crippen molar-refractivity contribution in [3.05, 3.63) is 67.7 Å². The van der Waals surface area contributed by atoms with Crippen LogP contribution in [0.3, 0.4) is 0 Å². The summed E-state index contributed by atoms with van der Waals surface area (Å²) < 4.78 is 42.3. The van der Waals surface area contributed by atoms with Crippen molar-refractivity contribution in [2.75, 3.05) is 0 Å². The van der Waals surface area contributed by atoms with E-state index >= 15 is 0 Å². The van der Waals surface area contributed by atoms with E-state index in [4.69, 9.17) is 5.73 Å². The van der Waals surface area contributed by atoms with Crippen LogP contribution in [0.5, 0.6) is 0 Å². The van der Waals surface area contributed by atoms with Crippen molar-refractivity contribution in [1.82, 2.24) is 14.8 Å². The zero-order chi connectivity index (χ0) is 24.1. The van der Waals surface area contributed by atoms with E-state index in [1.54, 1.807) is 4.90 Å². The fraction of sp³-hybridized carbons (Fsp3) is 0.409. The SMILES string of the molecule is N[C@]12CC(C3CC31)C1Cn3cc(C(=O)NCc4c(F)cc(F)cc4F)c(=O)c(N=O)c3C(=O)N12. The molecule has 9 nitrogen and oxygen atoms in total. The summed E-state index contributed by atoms with van der Waals surface area (Å²) in [7, 11) is 0. The van der Waals surface area contributed by atoms with Crippen LogP contribution in [0.1, 0.15) is 39.3 Å². The molecule has 2 aliphatic carbocycles. The van der Waals surface area contributed by atoms with Crippen molar-refractivity contribution < 1.29 is 22.8 Å². The highest BCUT2D eigenvalue weighted by Crippen LogP contribution is 2.67. The first-order chi connectivity index (χ1) is 16.2. The number of halogens is 3. The Bertz CT molecular complexity index is 1350. The molecular weight excluding hydrogens is 455 g/mol. The molecule has 5 atom stereocenters. The number of aromatic nitrogens is 1. The van der Waals surface area contributed by atoms with Gasteiger partial charge in [-0.15, -0.1) is 4.91 Å². The number of carbonyl (C=O) groups excluding carboxylic acids is 2. The lowest BCUT2D eigenvalue weighted by Crippen LogP contribution is -2.63. The van der Waals surface area contributed by atoms with Crippen LogP contribution < -0.4 is 16.5 Å². The average Bonchev–Trinajstić information content (AvgIpc) is 3.46. The molecule has 2 aromatic rings. The highest BCUT2D eigenvalue weighted by Gasteiger charge is 2.73. The number of nitrogens with two attached hydrogens (primary N) is 1. The van der Waals surface area contributed by atoms with Gasteiger partial charge in [0.25, 0.3) is 11.8 Å². The monoisotopic (exact) mass is 473 g/mol. The van der Waals surface area contributed by atoms with Crippen molar-refractivity contribution in [3.63, 3.8) is 0 Å². The van der Waals surface area contributed by atoms with Crippen molar-refractivity contribution in [3.8, 4) is 0 Å². The largest absolute Gasteiger partial charge is 0.348 e. The predicted octanol–water partition coefficient (Wildman–Crippen LogP) is 1.74. The summed E-state index contributed by atoms with van der Waals surface area (Å²) in [5.41, 5.74) is 2.66. The Labute approximate surface area is 189 Å². The smallest absolute Gasteiger partial charge is 0.274 e. The van der Waals surface area contributed by atoms with Crippen LogP contribution in [-0.2, 0) is 13.1 Å². The minimum Gasteiger partial charge on any atom is -0.348 e. The molecule has 2 amide bonds. The standard InChI is InChI=1S/C22H18F3N5O4/c23-8-1-14(24)11(15(25)2-8)5-27-20(32)12-6-29-7-16-10-4-22(26,13-3-9(10)13)30(16)21(33)18(29)17(28-34)19(12)31/h1-2,6,9-10,13,16H,3-5,7,26H2,(H,27,32)/t9?,10?,13?,16?,22-/m0/s1. The highest BCUT2D eigenvalue weighted by molar-refractivity contribution is 6.01. The zero-order valence-electron chi connectivity index (χ0n) is 17.6. The molecule has 176 valence electrons. The van der Waals surface area contributed by atoms with Gasteiger partial charge in [-0.2, -0.15) is 0 Å². The minimum atomic E-state index is -1.20. The highest BCUT2D eigenvalue weighted by atomic mass is 19.1. The van der Waals surface area contributed by atoms with Crippen LogP contribution in [0.25, 0.3) is 0 Å². The van der Waals surface area contributed by atoms with Crippen molar-refractivity contribution in [2.24, 2.45) is 28.7 Å². The number of fused-ring (bicyclic) bond motifs is 9. The molecule has 1 aromatic carbocycles. The van der Waals surface area contributed by atoms with E-state index in [1.807, 2.05) is 0 Å². The molecule has 3 heterocycles. The van der Waals surface area contributed by atoms with Gasteiger partial charge in [0, 0.05) is 37.0 Å². The van der Waals surface area contributed by atoms with Crippen molar-refractivity contribution >= 4 is 17.5 Å². The molecule has 1 saturated heterocycles. The predicted molar refractivity (Wildman–Crippen MR) is 110 cm³/mol. The first-order valence-corrected chi connectivity index (χ1v) is 10.8. The average molecular weight is 473 g/mol. The van der Waals surface area contributed by atoms with E-state index in [1.165, 1.54) is 4.57 Å². The number of rotatable bonds is 4. The molecule has 2 saturated carbocycles. The third-order valence-electron chi connectivity index (χ3n) is 7.80. The summed E-state index contributed by atoms with van der Waals surface area (Å²) in [4.78, 5) is 52.1. The third-order valence-corrected chi connectivity index (χ3v) is 7.80. The number of hydrogen-bond donors (Lipinski definition) is 2. The number of benzene rings is 1. The van der Waals surface area contributed by atoms with Crippen molar-refractivity contribution in [1.29, 1.82) is 0 Å². The van der Waals surface area contributed by atoms with Crippen LogP contribution in [-0.4, -0.2) is 33.0 Å². The number of nitrogens with one attached hydrogen (secondary N) is 1. The van der Waals surface area contributed by atoms with E-state index in [0.29, 0.717) is 24.5 Å². The lowest BCUT2D eigenvalue weighted by atomic mass is 9.94. The van der Waals surface area contributed by atoms with Gasteiger partial charge in [0.2, 0.25) is 5.43 Å². The molecule has 2 aliphatic heterocycles. The van der Waals surface area contributed by atoms with E-state index in [-0.39, 0.29) is 30.1 Å². The van der Waals surface area contributed by atoms with Gasteiger partial charge >= 0.3 is 0 Å². The summed E-state index contributed by atoms with van der Waals surface area (Å²) in [5.74, 6) is -4.27. The molecule has 1 aromatic heterocycles. The zero-order valence-corrected chi connectivity index (χ0v) is 17.6. The molecule has 3 fully saturated rings. The maximum absolute atomic E-state index is 13.9. The summed E-state index contributed by atoms with van der Waals surface area (Å²) in [5, 5.41) is 4.95. The Hall–Kier alpha value is -3.54. The van der Waals surface area contributed by atoms with Gasteiger partial charge in [-0.25, -0.2) is 13.2 Å². The Morgan fingerprint density at radius 1 is 1.21 bits per heavy atom. The first-order valence-electron chi connectivity index (χ1n) is 10.8. The Morgan fingerprint density at radius 3 is 2.59 bits per heavy atom. The van der Waals surface area contributed by atoms with Crippen LogP contribution in [0.2, 0.25) is 0 Å². The Morgan fingerprint density at radius 2 is 1.91 bits per heavy atom. The minimum absolute atomic E-state index is 0.195. The molecular formula is C22H18F3N5O4. The number of carbonyl (C=O) groups is 2. The lowest BCUT2D eigenvalue weighted by Gasteiger charge is -2.44. The number of nitroso groups, excluding NO2 is 1. The van der Waals surface area contributed by atoms with Crippen molar-refractivity contribution in [2.45, 2.75) is 37.6 Å². The Kier molecular flexibility index (Phi) is 4.17. The molecule has 0 radical (unpaired) electrons. The Balaban J connectivity index is 1.35. The second kappa shape index (κ2) is 6.75. The molecule has 4 aliphatic rings. The summed E-state index contributed by atoms with van der Waals surface area (Å²) >= 11 is 0. The molecule has 2 bridgehead atoms. The first kappa shape index (κ1) is 21.0. The number of amides is 2. The van der Waals surface area contributed by atoms with E-state index in [0.717, 1.165) is 12.6 Å². The maximum atomic E-state index is 13.9. The summed E-state index contributed by atoms with van der Waals surface area (Å²) in [6, 6.07) is 0.705. The van der Waals surface area contributed by atoms with E-state index < -0.39 is 63.7 Å². The second-order valence-electron chi connectivity index (χ2n) is 9.45. The number of pyridine rings is 1. The summed E-state index contributed by atoms with van der Waals surface area (Å²) in [6.07, 6.45) is 2.73. The molecule has 4 unspecified atom stereocenters. The molecule has 12 heteroatoms. The second-order valence-corrected chi connectivity index (χ2v) is 9.45. The van der Waals surface area contributed by atoms with Crippen LogP contribution in [0, 0.1) is 40.1 Å². The quantitative estimate of drug-likeness (QED) is 0.654.